The summed E-state index contributed by atoms with van der Waals surface area (Å²) in [6.07, 6.45) is 1.46. The number of benzene rings is 2. The van der Waals surface area contributed by atoms with Gasteiger partial charge in [0.1, 0.15) is 5.02 Å². The van der Waals surface area contributed by atoms with Gasteiger partial charge in [-0.2, -0.15) is 5.10 Å². The molecule has 1 N–H and O–H groups in total. The van der Waals surface area contributed by atoms with E-state index in [1.165, 1.54) is 23.0 Å². The van der Waals surface area contributed by atoms with E-state index < -0.39 is 23.4 Å². The molecule has 3 aromatic rings. The Morgan fingerprint density at radius 3 is 2.65 bits per heavy atom. The molecule has 11 heteroatoms. The number of ether oxygens (including phenoxy) is 2. The van der Waals surface area contributed by atoms with Gasteiger partial charge in [-0.25, -0.2) is 9.48 Å². The van der Waals surface area contributed by atoms with Gasteiger partial charge in [-0.1, -0.05) is 29.8 Å². The number of carbonyl (C=O) groups excluding carboxylic acids is 2. The molecule has 0 aliphatic rings. The highest BCUT2D eigenvalue weighted by atomic mass is 35.5. The Morgan fingerprint density at radius 2 is 1.97 bits per heavy atom. The van der Waals surface area contributed by atoms with Gasteiger partial charge in [-0.15, -0.1) is 0 Å². The van der Waals surface area contributed by atoms with Crippen molar-refractivity contribution >= 4 is 34.9 Å². The number of para-hydroxylation sites is 1. The van der Waals surface area contributed by atoms with Gasteiger partial charge in [0.2, 0.25) is 5.69 Å². The first kappa shape index (κ1) is 21.8. The Morgan fingerprint density at radius 1 is 1.23 bits per heavy atom. The predicted molar refractivity (Wildman–Crippen MR) is 112 cm³/mol. The van der Waals surface area contributed by atoms with E-state index in [9.17, 15) is 19.7 Å². The van der Waals surface area contributed by atoms with Crippen LogP contribution in [0.25, 0.3) is 5.69 Å². The normalized spacial score (nSPS) is 10.4. The fourth-order valence-corrected chi connectivity index (χ4v) is 2.77. The molecule has 0 aliphatic heterocycles. The molecule has 0 saturated heterocycles. The van der Waals surface area contributed by atoms with Crippen LogP contribution in [0.4, 0.5) is 11.4 Å². The summed E-state index contributed by atoms with van der Waals surface area (Å²) in [5, 5.41) is 17.6. The summed E-state index contributed by atoms with van der Waals surface area (Å²) in [6, 6.07) is 12.9. The number of hydrogen-bond donors (Lipinski definition) is 1. The standard InChI is InChI=1S/C20H17ClN4O6/c1-2-30-20(27)19-17(11-24(23-19)14-6-4-3-5-7-14)31-12-18(26)22-13-8-9-15(21)16(10-13)25(28)29/h3-11H,2,12H2,1H3,(H,22,26). The molecule has 1 aromatic heterocycles. The van der Waals surface area contributed by atoms with Crippen LogP contribution in [0.3, 0.4) is 0 Å². The Labute approximate surface area is 181 Å². The van der Waals surface area contributed by atoms with Crippen LogP contribution in [-0.2, 0) is 9.53 Å². The van der Waals surface area contributed by atoms with Crippen LogP contribution in [0.2, 0.25) is 5.02 Å². The number of nitro benzene ring substituents is 1. The van der Waals surface area contributed by atoms with Crippen molar-refractivity contribution in [1.29, 1.82) is 0 Å². The maximum absolute atomic E-state index is 12.3. The van der Waals surface area contributed by atoms with Crippen molar-refractivity contribution in [2.45, 2.75) is 6.92 Å². The van der Waals surface area contributed by atoms with Gasteiger partial charge in [0.15, 0.2) is 12.4 Å². The average molecular weight is 445 g/mol. The van der Waals surface area contributed by atoms with Crippen molar-refractivity contribution in [1.82, 2.24) is 9.78 Å². The fraction of sp³-hybridized carbons (Fsp3) is 0.150. The van der Waals surface area contributed by atoms with Gasteiger partial charge in [0.05, 0.1) is 23.4 Å². The molecule has 1 amide bonds. The lowest BCUT2D eigenvalue weighted by Crippen LogP contribution is -2.21. The Bertz CT molecular complexity index is 1120. The number of nitro groups is 1. The van der Waals surface area contributed by atoms with Crippen molar-refractivity contribution < 1.29 is 24.0 Å². The molecule has 2 aromatic carbocycles. The van der Waals surface area contributed by atoms with E-state index in [4.69, 9.17) is 21.1 Å². The van der Waals surface area contributed by atoms with E-state index in [0.717, 1.165) is 6.07 Å². The number of nitrogens with one attached hydrogen (secondary N) is 1. The van der Waals surface area contributed by atoms with Crippen LogP contribution in [0, 0.1) is 10.1 Å². The van der Waals surface area contributed by atoms with Crippen LogP contribution >= 0.6 is 11.6 Å². The zero-order valence-electron chi connectivity index (χ0n) is 16.3. The molecule has 0 spiro atoms. The highest BCUT2D eigenvalue weighted by Gasteiger charge is 2.21. The first-order valence-electron chi connectivity index (χ1n) is 9.08. The third kappa shape index (κ3) is 5.37. The number of esters is 1. The largest absolute Gasteiger partial charge is 0.480 e. The van der Waals surface area contributed by atoms with Crippen LogP contribution in [0.5, 0.6) is 5.75 Å². The summed E-state index contributed by atoms with van der Waals surface area (Å²) in [6.45, 7) is 1.33. The van der Waals surface area contributed by atoms with Crippen molar-refractivity contribution in [3.8, 4) is 11.4 Å². The minimum absolute atomic E-state index is 0.0494. The van der Waals surface area contributed by atoms with E-state index in [1.54, 1.807) is 31.2 Å². The lowest BCUT2D eigenvalue weighted by atomic mass is 10.3. The van der Waals surface area contributed by atoms with Crippen LogP contribution in [0.1, 0.15) is 17.4 Å². The molecule has 10 nitrogen and oxygen atoms in total. The highest BCUT2D eigenvalue weighted by molar-refractivity contribution is 6.32. The number of carbonyl (C=O) groups is 2. The topological polar surface area (TPSA) is 126 Å². The maximum atomic E-state index is 12.3. The second kappa shape index (κ2) is 9.72. The van der Waals surface area contributed by atoms with E-state index in [2.05, 4.69) is 10.4 Å². The average Bonchev–Trinajstić information content (AvgIpc) is 3.19. The predicted octanol–water partition coefficient (Wildman–Crippen LogP) is 3.63. The first-order chi connectivity index (χ1) is 14.9. The molecule has 3 rings (SSSR count). The third-order valence-electron chi connectivity index (χ3n) is 3.96. The van der Waals surface area contributed by atoms with Gasteiger partial charge < -0.3 is 14.8 Å². The van der Waals surface area contributed by atoms with E-state index >= 15 is 0 Å². The monoisotopic (exact) mass is 444 g/mol. The second-order valence-electron chi connectivity index (χ2n) is 6.10. The highest BCUT2D eigenvalue weighted by Crippen LogP contribution is 2.27. The minimum Gasteiger partial charge on any atom is -0.480 e. The number of amides is 1. The van der Waals surface area contributed by atoms with Crippen LogP contribution in [-0.4, -0.2) is 39.8 Å². The zero-order chi connectivity index (χ0) is 22.4. The molecule has 0 unspecified atom stereocenters. The van der Waals surface area contributed by atoms with Crippen molar-refractivity contribution in [2.75, 3.05) is 18.5 Å². The minimum atomic E-state index is -0.694. The number of hydrogen-bond acceptors (Lipinski definition) is 7. The SMILES string of the molecule is CCOC(=O)c1nn(-c2ccccc2)cc1OCC(=O)Nc1ccc(Cl)c([N+](=O)[O-])c1. The van der Waals surface area contributed by atoms with E-state index in [1.807, 2.05) is 6.07 Å². The molecular formula is C20H17ClN4O6. The van der Waals surface area contributed by atoms with Gasteiger partial charge in [-0.05, 0) is 31.2 Å². The van der Waals surface area contributed by atoms with Crippen molar-refractivity contribution in [2.24, 2.45) is 0 Å². The smallest absolute Gasteiger partial charge is 0.362 e. The molecule has 0 radical (unpaired) electrons. The molecule has 160 valence electrons. The van der Waals surface area contributed by atoms with Crippen LogP contribution in [0.15, 0.2) is 54.7 Å². The number of rotatable bonds is 8. The summed E-state index contributed by atoms with van der Waals surface area (Å²) < 4.78 is 11.9. The number of anilines is 1. The lowest BCUT2D eigenvalue weighted by molar-refractivity contribution is -0.384. The van der Waals surface area contributed by atoms with Crippen molar-refractivity contribution in [3.63, 3.8) is 0 Å². The molecule has 1 heterocycles. The fourth-order valence-electron chi connectivity index (χ4n) is 2.59. The molecule has 0 fully saturated rings. The summed E-state index contributed by atoms with van der Waals surface area (Å²) in [5.74, 6) is -1.24. The summed E-state index contributed by atoms with van der Waals surface area (Å²) in [4.78, 5) is 34.8. The van der Waals surface area contributed by atoms with Gasteiger partial charge in [0.25, 0.3) is 11.6 Å². The van der Waals surface area contributed by atoms with Crippen molar-refractivity contribution in [3.05, 3.63) is 75.6 Å². The molecule has 31 heavy (non-hydrogen) atoms. The lowest BCUT2D eigenvalue weighted by Gasteiger charge is -2.07. The maximum Gasteiger partial charge on any atom is 0.362 e. The Hall–Kier alpha value is -3.92. The second-order valence-corrected chi connectivity index (χ2v) is 6.51. The number of halogens is 1. The van der Waals surface area contributed by atoms with Crippen LogP contribution < -0.4 is 10.1 Å². The molecule has 0 atom stereocenters. The molecular weight excluding hydrogens is 428 g/mol. The third-order valence-corrected chi connectivity index (χ3v) is 4.28. The molecule has 0 saturated carbocycles. The summed E-state index contributed by atoms with van der Waals surface area (Å²) in [5.41, 5.74) is 0.436. The Kier molecular flexibility index (Phi) is 6.83. The Balaban J connectivity index is 1.75. The quantitative estimate of drug-likeness (QED) is 0.319. The molecule has 0 bridgehead atoms. The van der Waals surface area contributed by atoms with Gasteiger partial charge in [0, 0.05) is 11.8 Å². The summed E-state index contributed by atoms with van der Waals surface area (Å²) in [7, 11) is 0. The summed E-state index contributed by atoms with van der Waals surface area (Å²) >= 11 is 5.76. The van der Waals surface area contributed by atoms with E-state index in [0.29, 0.717) is 5.69 Å². The number of aromatic nitrogens is 2. The zero-order valence-corrected chi connectivity index (χ0v) is 17.0. The van der Waals surface area contributed by atoms with Gasteiger partial charge in [-0.3, -0.25) is 14.9 Å². The number of nitrogens with zero attached hydrogens (tertiary/aromatic N) is 3. The molecule has 0 aliphatic carbocycles. The van der Waals surface area contributed by atoms with E-state index in [-0.39, 0.29) is 34.4 Å². The first-order valence-corrected chi connectivity index (χ1v) is 9.45. The van der Waals surface area contributed by atoms with Gasteiger partial charge >= 0.3 is 5.97 Å².